The molecule has 0 saturated carbocycles. The maximum atomic E-state index is 12.9. The molecular formula is C14H13F3N6O. The molecule has 3 rings (SSSR count). The summed E-state index contributed by atoms with van der Waals surface area (Å²) in [7, 11) is 0. The van der Waals surface area contributed by atoms with Crippen LogP contribution in [0.3, 0.4) is 0 Å². The Labute approximate surface area is 134 Å². The molecule has 0 bridgehead atoms. The third-order valence-corrected chi connectivity index (χ3v) is 3.15. The van der Waals surface area contributed by atoms with Gasteiger partial charge in [0.25, 0.3) is 0 Å². The number of para-hydroxylation sites is 1. The Bertz CT molecular complexity index is 834. The van der Waals surface area contributed by atoms with E-state index in [1.807, 2.05) is 0 Å². The molecule has 0 aliphatic heterocycles. The van der Waals surface area contributed by atoms with Gasteiger partial charge in [0.05, 0.1) is 11.6 Å². The quantitative estimate of drug-likeness (QED) is 0.770. The van der Waals surface area contributed by atoms with Gasteiger partial charge in [0, 0.05) is 0 Å². The number of nitrogens with zero attached hydrogens (tertiary/aromatic N) is 5. The number of hydrogen-bond donors (Lipinski definition) is 1. The van der Waals surface area contributed by atoms with Gasteiger partial charge in [-0.1, -0.05) is 12.1 Å². The first-order valence-electron chi connectivity index (χ1n) is 7.04. The third kappa shape index (κ3) is 3.53. The van der Waals surface area contributed by atoms with E-state index in [1.54, 1.807) is 19.1 Å². The minimum Gasteiger partial charge on any atom is -0.491 e. The topological polar surface area (TPSA) is 77.2 Å². The Morgan fingerprint density at radius 2 is 2.00 bits per heavy atom. The van der Waals surface area contributed by atoms with E-state index < -0.39 is 11.7 Å². The Balaban J connectivity index is 1.64. The molecule has 0 radical (unpaired) electrons. The number of halogens is 3. The lowest BCUT2D eigenvalue weighted by Crippen LogP contribution is -2.25. The molecule has 0 aliphatic carbocycles. The second-order valence-corrected chi connectivity index (χ2v) is 5.10. The van der Waals surface area contributed by atoms with Crippen LogP contribution in [-0.4, -0.2) is 37.9 Å². The molecular weight excluding hydrogens is 325 g/mol. The minimum atomic E-state index is -4.46. The van der Waals surface area contributed by atoms with Crippen LogP contribution in [0.5, 0.6) is 5.75 Å². The summed E-state index contributed by atoms with van der Waals surface area (Å²) in [6.07, 6.45) is -4.46. The molecule has 0 spiro atoms. The second-order valence-electron chi connectivity index (χ2n) is 5.10. The average Bonchev–Trinajstić information content (AvgIpc) is 3.00. The highest BCUT2D eigenvalue weighted by molar-refractivity contribution is 5.42. The van der Waals surface area contributed by atoms with Gasteiger partial charge in [-0.15, -0.1) is 14.8 Å². The number of ether oxygens (including phenoxy) is 1. The molecule has 1 unspecified atom stereocenters. The Morgan fingerprint density at radius 1 is 1.21 bits per heavy atom. The van der Waals surface area contributed by atoms with Gasteiger partial charge in [-0.3, -0.25) is 0 Å². The molecule has 3 aromatic rings. The van der Waals surface area contributed by atoms with Crippen molar-refractivity contribution in [2.24, 2.45) is 0 Å². The van der Waals surface area contributed by atoms with Crippen LogP contribution in [0.1, 0.15) is 12.5 Å². The van der Waals surface area contributed by atoms with Gasteiger partial charge < -0.3 is 10.1 Å². The first-order valence-corrected chi connectivity index (χ1v) is 7.04. The van der Waals surface area contributed by atoms with Crippen LogP contribution in [0.4, 0.5) is 19.0 Å². The number of anilines is 1. The number of aromatic nitrogens is 5. The molecule has 10 heteroatoms. The molecule has 0 fully saturated rings. The van der Waals surface area contributed by atoms with Crippen molar-refractivity contribution in [1.29, 1.82) is 0 Å². The lowest BCUT2D eigenvalue weighted by Gasteiger charge is -2.18. The van der Waals surface area contributed by atoms with Crippen LogP contribution >= 0.6 is 0 Å². The van der Waals surface area contributed by atoms with Gasteiger partial charge in [-0.25, -0.2) is 0 Å². The van der Waals surface area contributed by atoms with E-state index in [2.05, 4.69) is 25.9 Å². The van der Waals surface area contributed by atoms with Crippen molar-refractivity contribution in [2.45, 2.75) is 19.1 Å². The molecule has 0 saturated heterocycles. The molecule has 0 amide bonds. The number of fused-ring (bicyclic) bond motifs is 1. The summed E-state index contributed by atoms with van der Waals surface area (Å²) in [6.45, 7) is 1.80. The molecule has 2 aromatic heterocycles. The molecule has 7 nitrogen and oxygen atoms in total. The molecule has 24 heavy (non-hydrogen) atoms. The summed E-state index contributed by atoms with van der Waals surface area (Å²) >= 11 is 0. The van der Waals surface area contributed by atoms with Gasteiger partial charge in [-0.05, 0) is 41.6 Å². The Morgan fingerprint density at radius 3 is 2.79 bits per heavy atom. The number of tetrazole rings is 1. The predicted molar refractivity (Wildman–Crippen MR) is 78.6 cm³/mol. The van der Waals surface area contributed by atoms with Crippen molar-refractivity contribution in [2.75, 3.05) is 11.9 Å². The summed E-state index contributed by atoms with van der Waals surface area (Å²) in [4.78, 5) is 0. The molecule has 1 aromatic carbocycles. The summed E-state index contributed by atoms with van der Waals surface area (Å²) in [5.74, 6) is 0.276. The van der Waals surface area contributed by atoms with E-state index in [-0.39, 0.29) is 18.4 Å². The van der Waals surface area contributed by atoms with Gasteiger partial charge >= 0.3 is 6.18 Å². The maximum Gasteiger partial charge on any atom is 0.419 e. The molecule has 1 atom stereocenters. The van der Waals surface area contributed by atoms with E-state index >= 15 is 0 Å². The molecule has 2 heterocycles. The van der Waals surface area contributed by atoms with E-state index in [4.69, 9.17) is 4.74 Å². The zero-order chi connectivity index (χ0) is 17.2. The van der Waals surface area contributed by atoms with Crippen LogP contribution in [-0.2, 0) is 6.18 Å². The fraction of sp³-hybridized carbons (Fsp3) is 0.286. The molecule has 0 aliphatic rings. The normalized spacial score (nSPS) is 13.0. The van der Waals surface area contributed by atoms with E-state index in [0.717, 1.165) is 6.07 Å². The van der Waals surface area contributed by atoms with Crippen molar-refractivity contribution < 1.29 is 17.9 Å². The number of rotatable bonds is 5. The Hall–Kier alpha value is -2.91. The van der Waals surface area contributed by atoms with Crippen LogP contribution in [0.25, 0.3) is 5.65 Å². The summed E-state index contributed by atoms with van der Waals surface area (Å²) in [5.41, 5.74) is -0.311. The monoisotopic (exact) mass is 338 g/mol. The average molecular weight is 338 g/mol. The maximum absolute atomic E-state index is 12.9. The highest BCUT2D eigenvalue weighted by Crippen LogP contribution is 2.35. The number of hydrogen-bond acceptors (Lipinski definition) is 6. The number of benzene rings is 1. The second kappa shape index (κ2) is 6.30. The summed E-state index contributed by atoms with van der Waals surface area (Å²) < 4.78 is 45.3. The first-order chi connectivity index (χ1) is 11.4. The van der Waals surface area contributed by atoms with E-state index in [0.29, 0.717) is 11.5 Å². The van der Waals surface area contributed by atoms with Crippen molar-refractivity contribution >= 4 is 11.5 Å². The van der Waals surface area contributed by atoms with Crippen molar-refractivity contribution in [3.05, 3.63) is 42.0 Å². The van der Waals surface area contributed by atoms with Crippen LogP contribution < -0.4 is 10.1 Å². The highest BCUT2D eigenvalue weighted by atomic mass is 19.4. The van der Waals surface area contributed by atoms with Crippen molar-refractivity contribution in [1.82, 2.24) is 25.3 Å². The molecule has 1 N–H and O–H groups in total. The highest BCUT2D eigenvalue weighted by Gasteiger charge is 2.34. The third-order valence-electron chi connectivity index (χ3n) is 3.15. The zero-order valence-corrected chi connectivity index (χ0v) is 12.5. The van der Waals surface area contributed by atoms with E-state index in [9.17, 15) is 13.2 Å². The minimum absolute atomic E-state index is 0.0302. The first kappa shape index (κ1) is 16.0. The van der Waals surface area contributed by atoms with Gasteiger partial charge in [-0.2, -0.15) is 13.2 Å². The fourth-order valence-corrected chi connectivity index (χ4v) is 2.06. The predicted octanol–water partition coefficient (Wildman–Crippen LogP) is 2.42. The van der Waals surface area contributed by atoms with Crippen molar-refractivity contribution in [3.63, 3.8) is 0 Å². The molecule has 126 valence electrons. The summed E-state index contributed by atoms with van der Waals surface area (Å²) in [6, 6.07) is 8.15. The SMILES string of the molecule is CC(COc1ccccc1C(F)(F)F)Nc1ccc2nnnn2n1. The van der Waals surface area contributed by atoms with Gasteiger partial charge in [0.15, 0.2) is 5.65 Å². The van der Waals surface area contributed by atoms with Gasteiger partial charge in [0.1, 0.15) is 18.2 Å². The Kier molecular flexibility index (Phi) is 4.19. The number of alkyl halides is 3. The fourth-order valence-electron chi connectivity index (χ4n) is 2.06. The van der Waals surface area contributed by atoms with Crippen LogP contribution in [0.15, 0.2) is 36.4 Å². The van der Waals surface area contributed by atoms with Crippen molar-refractivity contribution in [3.8, 4) is 5.75 Å². The largest absolute Gasteiger partial charge is 0.491 e. The van der Waals surface area contributed by atoms with E-state index in [1.165, 1.54) is 22.8 Å². The smallest absolute Gasteiger partial charge is 0.419 e. The lowest BCUT2D eigenvalue weighted by molar-refractivity contribution is -0.139. The van der Waals surface area contributed by atoms with Gasteiger partial charge in [0.2, 0.25) is 0 Å². The number of nitrogens with one attached hydrogen (secondary N) is 1. The zero-order valence-electron chi connectivity index (χ0n) is 12.5. The van der Waals surface area contributed by atoms with Crippen LogP contribution in [0.2, 0.25) is 0 Å². The summed E-state index contributed by atoms with van der Waals surface area (Å²) in [5, 5.41) is 18.0. The lowest BCUT2D eigenvalue weighted by atomic mass is 10.2. The standard InChI is InChI=1S/C14H13F3N6O/c1-9(18-12-6-7-13-19-21-22-23(13)20-12)8-24-11-5-3-2-4-10(11)14(15,16)17/h2-7,9H,8H2,1H3,(H,18,20). The van der Waals surface area contributed by atoms with Crippen LogP contribution in [0, 0.1) is 0 Å².